The second kappa shape index (κ2) is 9.36. The molecular weight excluding hydrogens is 426 g/mol. The molecule has 0 unspecified atom stereocenters. The minimum atomic E-state index is -0.417. The molecule has 3 aromatic rings. The first-order valence-electron chi connectivity index (χ1n) is 11.0. The minimum absolute atomic E-state index is 0.0904. The Morgan fingerprint density at radius 1 is 1.00 bits per heavy atom. The third-order valence-electron chi connectivity index (χ3n) is 6.06. The zero-order chi connectivity index (χ0) is 22.8. The van der Waals surface area contributed by atoms with Crippen LogP contribution in [0.4, 0.5) is 0 Å². The van der Waals surface area contributed by atoms with Crippen molar-refractivity contribution in [2.24, 2.45) is 14.1 Å². The maximum Gasteiger partial charge on any atom is 0.332 e. The zero-order valence-corrected chi connectivity index (χ0v) is 19.7. The number of likely N-dealkylation sites (tertiary alicyclic amines) is 1. The van der Waals surface area contributed by atoms with E-state index < -0.39 is 5.69 Å². The summed E-state index contributed by atoms with van der Waals surface area (Å²) in [6.07, 6.45) is 4.42. The van der Waals surface area contributed by atoms with Gasteiger partial charge < -0.3 is 9.47 Å². The molecule has 0 atom stereocenters. The molecule has 1 aliphatic heterocycles. The summed E-state index contributed by atoms with van der Waals surface area (Å²) in [5, 5.41) is 0.571. The van der Waals surface area contributed by atoms with Crippen molar-refractivity contribution in [3.63, 3.8) is 0 Å². The number of thioether (sulfide) groups is 1. The van der Waals surface area contributed by atoms with E-state index in [4.69, 9.17) is 0 Å². The van der Waals surface area contributed by atoms with Gasteiger partial charge in [-0.05, 0) is 25.3 Å². The normalized spacial score (nSPS) is 14.7. The van der Waals surface area contributed by atoms with Gasteiger partial charge in [-0.2, -0.15) is 0 Å². The first-order valence-corrected chi connectivity index (χ1v) is 12.0. The van der Waals surface area contributed by atoms with E-state index in [1.807, 2.05) is 40.7 Å². The highest BCUT2D eigenvalue weighted by molar-refractivity contribution is 7.99. The number of carbonyl (C=O) groups excluding carboxylic acids is 1. The van der Waals surface area contributed by atoms with Gasteiger partial charge in [0.05, 0.1) is 12.3 Å². The van der Waals surface area contributed by atoms with Crippen LogP contribution in [0.2, 0.25) is 0 Å². The summed E-state index contributed by atoms with van der Waals surface area (Å²) in [5.41, 5.74) is 2.09. The number of fused-ring (bicyclic) bond motifs is 1. The summed E-state index contributed by atoms with van der Waals surface area (Å²) in [5.74, 6) is 0.346. The number of benzene rings is 1. The lowest BCUT2D eigenvalue weighted by Gasteiger charge is -2.20. The van der Waals surface area contributed by atoms with Crippen LogP contribution >= 0.6 is 11.8 Å². The summed E-state index contributed by atoms with van der Waals surface area (Å²) in [6.45, 7) is 4.06. The number of carbonyl (C=O) groups is 1. The van der Waals surface area contributed by atoms with E-state index in [0.29, 0.717) is 22.9 Å². The molecule has 0 aliphatic carbocycles. The second-order valence-electron chi connectivity index (χ2n) is 8.43. The van der Waals surface area contributed by atoms with Crippen molar-refractivity contribution in [1.29, 1.82) is 0 Å². The predicted molar refractivity (Wildman–Crippen MR) is 126 cm³/mol. The Kier molecular flexibility index (Phi) is 6.55. The molecule has 1 saturated heterocycles. The molecule has 3 heterocycles. The van der Waals surface area contributed by atoms with Gasteiger partial charge in [-0.3, -0.25) is 18.7 Å². The first-order chi connectivity index (χ1) is 15.4. The van der Waals surface area contributed by atoms with E-state index >= 15 is 0 Å². The Labute approximate surface area is 190 Å². The largest absolute Gasteiger partial charge is 0.342 e. The van der Waals surface area contributed by atoms with E-state index in [-0.39, 0.29) is 17.2 Å². The number of aryl methyl sites for hydroxylation is 2. The number of amides is 1. The lowest BCUT2D eigenvalue weighted by molar-refractivity contribution is -0.128. The van der Waals surface area contributed by atoms with Crippen molar-refractivity contribution in [2.75, 3.05) is 18.8 Å². The first kappa shape index (κ1) is 22.4. The molecule has 170 valence electrons. The minimum Gasteiger partial charge on any atom is -0.342 e. The fourth-order valence-corrected chi connectivity index (χ4v) is 4.99. The summed E-state index contributed by atoms with van der Waals surface area (Å²) >= 11 is 1.33. The highest BCUT2D eigenvalue weighted by atomic mass is 32.2. The van der Waals surface area contributed by atoms with Gasteiger partial charge in [-0.1, -0.05) is 54.4 Å². The molecule has 2 aromatic heterocycles. The van der Waals surface area contributed by atoms with Gasteiger partial charge in [0, 0.05) is 27.2 Å². The van der Waals surface area contributed by atoms with Gasteiger partial charge in [-0.15, -0.1) is 0 Å². The van der Waals surface area contributed by atoms with Gasteiger partial charge in [-0.25, -0.2) is 9.78 Å². The van der Waals surface area contributed by atoms with Crippen molar-refractivity contribution in [3.8, 4) is 0 Å². The van der Waals surface area contributed by atoms with Crippen molar-refractivity contribution in [3.05, 3.63) is 56.2 Å². The number of nitrogens with zero attached hydrogens (tertiary/aromatic N) is 5. The molecule has 1 amide bonds. The van der Waals surface area contributed by atoms with E-state index in [0.717, 1.165) is 41.6 Å². The van der Waals surface area contributed by atoms with Crippen LogP contribution in [0.5, 0.6) is 0 Å². The molecule has 1 aliphatic rings. The Morgan fingerprint density at radius 2 is 1.66 bits per heavy atom. The maximum atomic E-state index is 13.0. The molecule has 4 rings (SSSR count). The topological polar surface area (TPSA) is 82.1 Å². The molecule has 8 nitrogen and oxygen atoms in total. The quantitative estimate of drug-likeness (QED) is 0.552. The summed E-state index contributed by atoms with van der Waals surface area (Å²) in [6, 6.07) is 8.09. The van der Waals surface area contributed by atoms with Crippen LogP contribution in [0.3, 0.4) is 0 Å². The Morgan fingerprint density at radius 3 is 2.31 bits per heavy atom. The summed E-state index contributed by atoms with van der Waals surface area (Å²) in [4.78, 5) is 44.8. The van der Waals surface area contributed by atoms with Gasteiger partial charge in [0.25, 0.3) is 5.56 Å². The van der Waals surface area contributed by atoms with E-state index in [9.17, 15) is 14.4 Å². The average molecular weight is 456 g/mol. The molecule has 9 heteroatoms. The van der Waals surface area contributed by atoms with Gasteiger partial charge >= 0.3 is 5.69 Å². The molecule has 0 saturated carbocycles. The highest BCUT2D eigenvalue weighted by Gasteiger charge is 2.22. The molecule has 0 bridgehead atoms. The highest BCUT2D eigenvalue weighted by Crippen LogP contribution is 2.24. The third kappa shape index (κ3) is 4.39. The van der Waals surface area contributed by atoms with Crippen LogP contribution in [0.25, 0.3) is 11.2 Å². The van der Waals surface area contributed by atoms with E-state index in [2.05, 4.69) is 4.98 Å². The summed E-state index contributed by atoms with van der Waals surface area (Å²) in [7, 11) is 3.09. The Hall–Kier alpha value is -2.81. The molecule has 0 N–H and O–H groups in total. The maximum absolute atomic E-state index is 13.0. The molecule has 1 aromatic carbocycles. The zero-order valence-electron chi connectivity index (χ0n) is 18.8. The van der Waals surface area contributed by atoms with Crippen molar-refractivity contribution < 1.29 is 4.79 Å². The fourth-order valence-electron chi connectivity index (χ4n) is 4.10. The number of hydrogen-bond donors (Lipinski definition) is 0. The third-order valence-corrected chi connectivity index (χ3v) is 7.02. The predicted octanol–water partition coefficient (Wildman–Crippen LogP) is 2.29. The van der Waals surface area contributed by atoms with E-state index in [1.165, 1.54) is 36.2 Å². The number of imidazole rings is 1. The van der Waals surface area contributed by atoms with Crippen LogP contribution in [0.1, 0.15) is 36.8 Å². The molecule has 1 fully saturated rings. The van der Waals surface area contributed by atoms with Crippen LogP contribution in [0, 0.1) is 6.92 Å². The molecule has 0 radical (unpaired) electrons. The number of aromatic nitrogens is 4. The monoisotopic (exact) mass is 455 g/mol. The van der Waals surface area contributed by atoms with Crippen molar-refractivity contribution >= 4 is 28.8 Å². The van der Waals surface area contributed by atoms with Crippen molar-refractivity contribution in [2.45, 2.75) is 44.3 Å². The van der Waals surface area contributed by atoms with Crippen molar-refractivity contribution in [1.82, 2.24) is 23.6 Å². The van der Waals surface area contributed by atoms with E-state index in [1.54, 1.807) is 7.05 Å². The Balaban J connectivity index is 1.71. The van der Waals surface area contributed by atoms with Gasteiger partial charge in [0.1, 0.15) is 0 Å². The smallest absolute Gasteiger partial charge is 0.332 e. The van der Waals surface area contributed by atoms with Crippen LogP contribution in [-0.2, 0) is 25.4 Å². The lowest BCUT2D eigenvalue weighted by Crippen LogP contribution is -2.37. The summed E-state index contributed by atoms with van der Waals surface area (Å²) < 4.78 is 4.33. The van der Waals surface area contributed by atoms with Gasteiger partial charge in [0.2, 0.25) is 5.91 Å². The molecule has 32 heavy (non-hydrogen) atoms. The van der Waals surface area contributed by atoms with Crippen LogP contribution in [-0.4, -0.2) is 48.3 Å². The average Bonchev–Trinajstić information content (AvgIpc) is 2.95. The lowest BCUT2D eigenvalue weighted by atomic mass is 10.1. The Bertz CT molecular complexity index is 1250. The van der Waals surface area contributed by atoms with Gasteiger partial charge in [0.15, 0.2) is 16.3 Å². The fraction of sp³-hybridized carbons (Fsp3) is 0.478. The molecule has 0 spiro atoms. The van der Waals surface area contributed by atoms with Crippen LogP contribution in [0.15, 0.2) is 39.0 Å². The second-order valence-corrected chi connectivity index (χ2v) is 9.37. The standard InChI is InChI=1S/C23H29N5O3S/c1-16-8-10-17(11-9-16)14-28-19-20(25(2)23(31)26(3)21(19)30)24-22(28)32-15-18(29)27-12-6-4-5-7-13-27/h8-11H,4-7,12-15H2,1-3H3. The number of rotatable bonds is 5. The van der Waals surface area contributed by atoms with Crippen LogP contribution < -0.4 is 11.2 Å². The SMILES string of the molecule is Cc1ccc(Cn2c(SCC(=O)N3CCCCCC3)nc3c2c(=O)n(C)c(=O)n3C)cc1. The molecular formula is C23H29N5O3S. The number of hydrogen-bond acceptors (Lipinski definition) is 5.